The quantitative estimate of drug-likeness (QED) is 0.850. The lowest BCUT2D eigenvalue weighted by Crippen LogP contribution is -2.41. The highest BCUT2D eigenvalue weighted by atomic mass is 16.5. The second-order valence-corrected chi connectivity index (χ2v) is 4.62. The third kappa shape index (κ3) is 3.06. The van der Waals surface area contributed by atoms with Crippen LogP contribution in [0.25, 0.3) is 0 Å². The molecule has 2 heterocycles. The number of carbonyl (C=O) groups excluding carboxylic acids is 1. The van der Waals surface area contributed by atoms with E-state index in [4.69, 9.17) is 4.52 Å². The van der Waals surface area contributed by atoms with Crippen LogP contribution in [0.15, 0.2) is 10.6 Å². The van der Waals surface area contributed by atoms with Crippen LogP contribution in [0.5, 0.6) is 0 Å². The van der Waals surface area contributed by atoms with Gasteiger partial charge in [-0.3, -0.25) is 9.69 Å². The van der Waals surface area contributed by atoms with Crippen molar-refractivity contribution in [3.63, 3.8) is 0 Å². The van der Waals surface area contributed by atoms with Crippen LogP contribution in [0.2, 0.25) is 0 Å². The Morgan fingerprint density at radius 2 is 2.53 bits per heavy atom. The normalized spacial score (nSPS) is 21.4. The largest absolute Gasteiger partial charge is 0.360 e. The average molecular weight is 237 g/mol. The van der Waals surface area contributed by atoms with Crippen LogP contribution >= 0.6 is 0 Å². The average Bonchev–Trinajstić information content (AvgIpc) is 2.74. The van der Waals surface area contributed by atoms with Crippen molar-refractivity contribution >= 4 is 5.91 Å². The van der Waals surface area contributed by atoms with Gasteiger partial charge in [0.25, 0.3) is 0 Å². The molecule has 1 aliphatic rings. The number of rotatable bonds is 3. The lowest BCUT2D eigenvalue weighted by Gasteiger charge is -2.30. The van der Waals surface area contributed by atoms with E-state index in [1.807, 2.05) is 13.0 Å². The lowest BCUT2D eigenvalue weighted by atomic mass is 9.97. The van der Waals surface area contributed by atoms with Gasteiger partial charge in [-0.1, -0.05) is 5.16 Å². The zero-order chi connectivity index (χ0) is 12.3. The van der Waals surface area contributed by atoms with E-state index in [-0.39, 0.29) is 11.8 Å². The monoisotopic (exact) mass is 237 g/mol. The number of nitrogens with zero attached hydrogens (tertiary/aromatic N) is 2. The number of amides is 1. The molecule has 1 N–H and O–H groups in total. The summed E-state index contributed by atoms with van der Waals surface area (Å²) < 4.78 is 5.20. The van der Waals surface area contributed by atoms with Crippen LogP contribution in [0.3, 0.4) is 0 Å². The first-order chi connectivity index (χ1) is 8.19. The molecule has 1 fully saturated rings. The molecule has 1 amide bonds. The fourth-order valence-corrected chi connectivity index (χ4v) is 2.33. The van der Waals surface area contributed by atoms with Crippen molar-refractivity contribution in [2.24, 2.45) is 5.92 Å². The predicted octanol–water partition coefficient (Wildman–Crippen LogP) is 0.941. The van der Waals surface area contributed by atoms with Crippen molar-refractivity contribution in [3.05, 3.63) is 17.5 Å². The summed E-state index contributed by atoms with van der Waals surface area (Å²) in [5, 5.41) is 6.59. The molecule has 1 aliphatic heterocycles. The maximum absolute atomic E-state index is 11.6. The van der Waals surface area contributed by atoms with Gasteiger partial charge in [-0.25, -0.2) is 0 Å². The van der Waals surface area contributed by atoms with Gasteiger partial charge in [0, 0.05) is 19.7 Å². The van der Waals surface area contributed by atoms with Gasteiger partial charge in [-0.15, -0.1) is 0 Å². The van der Waals surface area contributed by atoms with Crippen molar-refractivity contribution in [2.75, 3.05) is 20.1 Å². The molecule has 0 aliphatic carbocycles. The van der Waals surface area contributed by atoms with E-state index < -0.39 is 0 Å². The molecule has 94 valence electrons. The fraction of sp³-hybridized carbons (Fsp3) is 0.667. The zero-order valence-electron chi connectivity index (χ0n) is 10.4. The number of hydrogen-bond donors (Lipinski definition) is 1. The molecular formula is C12H19N3O2. The number of hydrogen-bond acceptors (Lipinski definition) is 4. The molecule has 0 bridgehead atoms. The van der Waals surface area contributed by atoms with Crippen LogP contribution in [-0.2, 0) is 11.3 Å². The third-order valence-corrected chi connectivity index (χ3v) is 3.18. The SMILES string of the molecule is CNC(=O)C1CCCN(Cc2cc(C)no2)C1. The number of nitrogens with one attached hydrogen (secondary N) is 1. The minimum absolute atomic E-state index is 0.109. The summed E-state index contributed by atoms with van der Waals surface area (Å²) in [4.78, 5) is 13.8. The molecule has 0 spiro atoms. The molecule has 17 heavy (non-hydrogen) atoms. The Bertz CT molecular complexity index is 389. The Morgan fingerprint density at radius 3 is 3.18 bits per heavy atom. The first-order valence-electron chi connectivity index (χ1n) is 6.05. The van der Waals surface area contributed by atoms with Gasteiger partial charge in [0.05, 0.1) is 18.2 Å². The van der Waals surface area contributed by atoms with E-state index >= 15 is 0 Å². The van der Waals surface area contributed by atoms with Crippen molar-refractivity contribution in [3.8, 4) is 0 Å². The Hall–Kier alpha value is -1.36. The van der Waals surface area contributed by atoms with Crippen LogP contribution in [-0.4, -0.2) is 36.1 Å². The summed E-state index contributed by atoms with van der Waals surface area (Å²) in [5.74, 6) is 1.13. The Labute approximate surface area is 101 Å². The molecule has 1 aromatic heterocycles. The predicted molar refractivity (Wildman–Crippen MR) is 63.3 cm³/mol. The van der Waals surface area contributed by atoms with E-state index in [0.717, 1.165) is 43.9 Å². The molecule has 1 saturated heterocycles. The minimum atomic E-state index is 0.109. The minimum Gasteiger partial charge on any atom is -0.360 e. The van der Waals surface area contributed by atoms with Crippen LogP contribution in [0.1, 0.15) is 24.3 Å². The maximum Gasteiger partial charge on any atom is 0.224 e. The molecular weight excluding hydrogens is 218 g/mol. The van der Waals surface area contributed by atoms with Gasteiger partial charge in [-0.2, -0.15) is 0 Å². The van der Waals surface area contributed by atoms with Gasteiger partial charge in [0.1, 0.15) is 0 Å². The molecule has 0 aromatic carbocycles. The number of aryl methyl sites for hydroxylation is 1. The van der Waals surface area contributed by atoms with Crippen molar-refractivity contribution < 1.29 is 9.32 Å². The van der Waals surface area contributed by atoms with Gasteiger partial charge in [-0.05, 0) is 26.3 Å². The van der Waals surface area contributed by atoms with Gasteiger partial charge in [0.15, 0.2) is 5.76 Å². The zero-order valence-corrected chi connectivity index (χ0v) is 10.4. The van der Waals surface area contributed by atoms with E-state index in [2.05, 4.69) is 15.4 Å². The topological polar surface area (TPSA) is 58.4 Å². The van der Waals surface area contributed by atoms with Crippen LogP contribution in [0, 0.1) is 12.8 Å². The lowest BCUT2D eigenvalue weighted by molar-refractivity contribution is -0.126. The summed E-state index contributed by atoms with van der Waals surface area (Å²) in [6, 6.07) is 1.95. The Morgan fingerprint density at radius 1 is 1.71 bits per heavy atom. The fourth-order valence-electron chi connectivity index (χ4n) is 2.33. The van der Waals surface area contributed by atoms with Gasteiger partial charge < -0.3 is 9.84 Å². The van der Waals surface area contributed by atoms with Crippen LogP contribution in [0.4, 0.5) is 0 Å². The first kappa shape index (κ1) is 12.1. The molecule has 5 heteroatoms. The molecule has 2 rings (SSSR count). The number of aromatic nitrogens is 1. The smallest absolute Gasteiger partial charge is 0.224 e. The molecule has 1 aromatic rings. The standard InChI is InChI=1S/C12H19N3O2/c1-9-6-11(17-14-9)8-15-5-3-4-10(7-15)12(16)13-2/h6,10H,3-5,7-8H2,1-2H3,(H,13,16). The highest BCUT2D eigenvalue weighted by molar-refractivity contribution is 5.78. The molecule has 1 unspecified atom stereocenters. The van der Waals surface area contributed by atoms with E-state index in [9.17, 15) is 4.79 Å². The highest BCUT2D eigenvalue weighted by Gasteiger charge is 2.25. The Kier molecular flexibility index (Phi) is 3.78. The van der Waals surface area contributed by atoms with Gasteiger partial charge in [0.2, 0.25) is 5.91 Å². The molecule has 0 saturated carbocycles. The van der Waals surface area contributed by atoms with Crippen LogP contribution < -0.4 is 5.32 Å². The number of likely N-dealkylation sites (tertiary alicyclic amines) is 1. The van der Waals surface area contributed by atoms with E-state index in [1.165, 1.54) is 0 Å². The third-order valence-electron chi connectivity index (χ3n) is 3.18. The summed E-state index contributed by atoms with van der Waals surface area (Å²) in [7, 11) is 1.70. The van der Waals surface area contributed by atoms with E-state index in [0.29, 0.717) is 0 Å². The summed E-state index contributed by atoms with van der Waals surface area (Å²) in [6.45, 7) is 4.48. The molecule has 1 atom stereocenters. The van der Waals surface area contributed by atoms with Crippen molar-refractivity contribution in [1.29, 1.82) is 0 Å². The first-order valence-corrected chi connectivity index (χ1v) is 6.05. The molecule has 0 radical (unpaired) electrons. The Balaban J connectivity index is 1.91. The second-order valence-electron chi connectivity index (χ2n) is 4.62. The maximum atomic E-state index is 11.6. The molecule has 5 nitrogen and oxygen atoms in total. The van der Waals surface area contributed by atoms with Crippen molar-refractivity contribution in [2.45, 2.75) is 26.3 Å². The summed E-state index contributed by atoms with van der Waals surface area (Å²) in [5.41, 5.74) is 0.903. The van der Waals surface area contributed by atoms with E-state index in [1.54, 1.807) is 7.05 Å². The number of carbonyl (C=O) groups is 1. The van der Waals surface area contributed by atoms with Gasteiger partial charge >= 0.3 is 0 Å². The van der Waals surface area contributed by atoms with Crippen molar-refractivity contribution in [1.82, 2.24) is 15.4 Å². The summed E-state index contributed by atoms with van der Waals surface area (Å²) >= 11 is 0. The number of piperidine rings is 1. The highest BCUT2D eigenvalue weighted by Crippen LogP contribution is 2.18. The summed E-state index contributed by atoms with van der Waals surface area (Å²) in [6.07, 6.45) is 2.04. The second kappa shape index (κ2) is 5.31.